The molecule has 0 spiro atoms. The molecule has 0 saturated carbocycles. The van der Waals surface area contributed by atoms with Crippen molar-refractivity contribution < 1.29 is 4.42 Å². The van der Waals surface area contributed by atoms with E-state index in [4.69, 9.17) is 4.42 Å². The van der Waals surface area contributed by atoms with E-state index in [1.807, 2.05) is 18.2 Å². The number of fused-ring (bicyclic) bond motifs is 13. The largest absolute Gasteiger partial charge is 0.456 e. The fraction of sp³-hybridized carbons (Fsp3) is 0.0577. The molecular formula is C52H33N3O. The summed E-state index contributed by atoms with van der Waals surface area (Å²) in [6, 6.07) is 60.8. The van der Waals surface area contributed by atoms with Gasteiger partial charge in [-0.2, -0.15) is 5.26 Å². The van der Waals surface area contributed by atoms with Crippen molar-refractivity contribution in [2.75, 3.05) is 0 Å². The highest BCUT2D eigenvalue weighted by Crippen LogP contribution is 2.53. The zero-order valence-corrected chi connectivity index (χ0v) is 30.8. The van der Waals surface area contributed by atoms with Gasteiger partial charge in [0.2, 0.25) is 0 Å². The van der Waals surface area contributed by atoms with E-state index in [0.29, 0.717) is 5.56 Å². The lowest BCUT2D eigenvalue weighted by Gasteiger charge is -2.24. The van der Waals surface area contributed by atoms with E-state index in [9.17, 15) is 5.26 Å². The minimum Gasteiger partial charge on any atom is -0.456 e. The minimum atomic E-state index is -0.197. The number of furan rings is 1. The van der Waals surface area contributed by atoms with Gasteiger partial charge in [0.05, 0.1) is 33.7 Å². The molecule has 0 atom stereocenters. The smallest absolute Gasteiger partial charge is 0.137 e. The second-order valence-corrected chi connectivity index (χ2v) is 15.6. The first-order chi connectivity index (χ1) is 27.5. The summed E-state index contributed by atoms with van der Waals surface area (Å²) in [5, 5.41) is 17.6. The Labute approximate surface area is 322 Å². The molecule has 0 amide bonds. The van der Waals surface area contributed by atoms with Crippen LogP contribution >= 0.6 is 0 Å². The van der Waals surface area contributed by atoms with Crippen LogP contribution < -0.4 is 0 Å². The molecule has 8 aromatic carbocycles. The van der Waals surface area contributed by atoms with E-state index >= 15 is 0 Å². The average molecular weight is 716 g/mol. The fourth-order valence-electron chi connectivity index (χ4n) is 9.87. The molecule has 3 aromatic heterocycles. The van der Waals surface area contributed by atoms with Gasteiger partial charge >= 0.3 is 0 Å². The van der Waals surface area contributed by atoms with Crippen molar-refractivity contribution in [3.8, 4) is 39.7 Å². The van der Waals surface area contributed by atoms with E-state index in [1.165, 1.54) is 49.3 Å². The van der Waals surface area contributed by atoms with Crippen LogP contribution in [0, 0.1) is 11.3 Å². The van der Waals surface area contributed by atoms with Gasteiger partial charge in [-0.25, -0.2) is 0 Å². The molecule has 0 fully saturated rings. The first-order valence-electron chi connectivity index (χ1n) is 19.2. The monoisotopic (exact) mass is 715 g/mol. The number of rotatable bonds is 3. The van der Waals surface area contributed by atoms with E-state index < -0.39 is 0 Å². The van der Waals surface area contributed by atoms with Crippen molar-refractivity contribution in [2.24, 2.45) is 0 Å². The molecule has 1 aliphatic rings. The van der Waals surface area contributed by atoms with Crippen molar-refractivity contribution in [2.45, 2.75) is 19.3 Å². The molecule has 0 unspecified atom stereocenters. The predicted molar refractivity (Wildman–Crippen MR) is 230 cm³/mol. The Morgan fingerprint density at radius 1 is 0.482 bits per heavy atom. The van der Waals surface area contributed by atoms with E-state index in [1.54, 1.807) is 0 Å². The predicted octanol–water partition coefficient (Wildman–Crippen LogP) is 13.6. The summed E-state index contributed by atoms with van der Waals surface area (Å²) < 4.78 is 11.1. The second-order valence-electron chi connectivity index (χ2n) is 15.6. The molecule has 262 valence electrons. The van der Waals surface area contributed by atoms with Crippen LogP contribution in [0.2, 0.25) is 0 Å². The quantitative estimate of drug-likeness (QED) is 0.183. The fourth-order valence-corrected chi connectivity index (χ4v) is 9.87. The van der Waals surface area contributed by atoms with Gasteiger partial charge < -0.3 is 13.6 Å². The van der Waals surface area contributed by atoms with Gasteiger partial charge in [-0.3, -0.25) is 0 Å². The summed E-state index contributed by atoms with van der Waals surface area (Å²) in [6.45, 7) is 4.70. The van der Waals surface area contributed by atoms with Crippen LogP contribution in [0.25, 0.3) is 99.2 Å². The molecule has 0 aliphatic heterocycles. The van der Waals surface area contributed by atoms with Crippen molar-refractivity contribution >= 4 is 65.6 Å². The van der Waals surface area contributed by atoms with Crippen molar-refractivity contribution in [1.29, 1.82) is 5.26 Å². The molecule has 0 saturated heterocycles. The lowest BCUT2D eigenvalue weighted by atomic mass is 9.81. The number of nitrogens with zero attached hydrogens (tertiary/aromatic N) is 3. The summed E-state index contributed by atoms with van der Waals surface area (Å²) in [6.07, 6.45) is 0. The number of aromatic nitrogens is 2. The SMILES string of the molecule is CC1(C)c2ccccc2-c2ccc3c4ccccc4n(-c4ccc(C#N)c(-c5cccc(-n6c7ccccc7c7cc8c(cc76)oc6ccccc68)c5)c4)c3c21. The summed E-state index contributed by atoms with van der Waals surface area (Å²) >= 11 is 0. The molecule has 0 radical (unpaired) electrons. The lowest BCUT2D eigenvalue weighted by molar-refractivity contribution is 0.664. The molecule has 4 nitrogen and oxygen atoms in total. The first-order valence-corrected chi connectivity index (χ1v) is 19.2. The second kappa shape index (κ2) is 11.1. The minimum absolute atomic E-state index is 0.197. The maximum Gasteiger partial charge on any atom is 0.137 e. The summed E-state index contributed by atoms with van der Waals surface area (Å²) in [5.74, 6) is 0. The van der Waals surface area contributed by atoms with Crippen LogP contribution in [0.3, 0.4) is 0 Å². The number of hydrogen-bond acceptors (Lipinski definition) is 2. The Kier molecular flexibility index (Phi) is 6.15. The van der Waals surface area contributed by atoms with Crippen LogP contribution in [-0.2, 0) is 5.41 Å². The Hall–Kier alpha value is -7.35. The molecule has 12 rings (SSSR count). The lowest BCUT2D eigenvalue weighted by Crippen LogP contribution is -2.16. The zero-order chi connectivity index (χ0) is 37.3. The van der Waals surface area contributed by atoms with Gasteiger partial charge in [0.25, 0.3) is 0 Å². The van der Waals surface area contributed by atoms with E-state index in [2.05, 4.69) is 175 Å². The van der Waals surface area contributed by atoms with Crippen LogP contribution in [0.4, 0.5) is 0 Å². The number of nitriles is 1. The first kappa shape index (κ1) is 31.0. The summed E-state index contributed by atoms with van der Waals surface area (Å²) in [4.78, 5) is 0. The van der Waals surface area contributed by atoms with Crippen molar-refractivity contribution in [3.05, 3.63) is 180 Å². The molecule has 0 N–H and O–H groups in total. The highest BCUT2D eigenvalue weighted by atomic mass is 16.3. The molecule has 11 aromatic rings. The van der Waals surface area contributed by atoms with Crippen LogP contribution in [0.5, 0.6) is 0 Å². The van der Waals surface area contributed by atoms with Gasteiger partial charge in [0.1, 0.15) is 11.2 Å². The number of hydrogen-bond donors (Lipinski definition) is 0. The molecular weight excluding hydrogens is 683 g/mol. The molecule has 0 bridgehead atoms. The Balaban J connectivity index is 1.09. The normalized spacial score (nSPS) is 13.3. The highest BCUT2D eigenvalue weighted by Gasteiger charge is 2.38. The maximum absolute atomic E-state index is 10.6. The Morgan fingerprint density at radius 2 is 1.20 bits per heavy atom. The number of para-hydroxylation sites is 3. The summed E-state index contributed by atoms with van der Waals surface area (Å²) in [7, 11) is 0. The van der Waals surface area contributed by atoms with Gasteiger partial charge in [0.15, 0.2) is 0 Å². The van der Waals surface area contributed by atoms with Crippen LogP contribution in [0.15, 0.2) is 168 Å². The van der Waals surface area contributed by atoms with Crippen molar-refractivity contribution in [1.82, 2.24) is 9.13 Å². The molecule has 56 heavy (non-hydrogen) atoms. The van der Waals surface area contributed by atoms with Gasteiger partial charge in [-0.05, 0) is 82.4 Å². The van der Waals surface area contributed by atoms with Crippen molar-refractivity contribution in [3.63, 3.8) is 0 Å². The average Bonchev–Trinajstić information content (AvgIpc) is 3.94. The number of benzene rings is 8. The van der Waals surface area contributed by atoms with Crippen LogP contribution in [-0.4, -0.2) is 9.13 Å². The van der Waals surface area contributed by atoms with Gasteiger partial charge in [0, 0.05) is 60.7 Å². The third-order valence-corrected chi connectivity index (χ3v) is 12.3. The summed E-state index contributed by atoms with van der Waals surface area (Å²) in [5.41, 5.74) is 16.0. The topological polar surface area (TPSA) is 46.8 Å². The molecule has 4 heteroatoms. The van der Waals surface area contributed by atoms with E-state index in [0.717, 1.165) is 61.0 Å². The Bertz CT molecular complexity index is 3530. The van der Waals surface area contributed by atoms with E-state index in [-0.39, 0.29) is 5.41 Å². The zero-order valence-electron chi connectivity index (χ0n) is 30.8. The molecule has 3 heterocycles. The third-order valence-electron chi connectivity index (χ3n) is 12.3. The standard InChI is InChI=1S/C52H33N3O/c1-52(2)44-18-7-3-14-35(44)39-24-25-40-36-15-4-9-20-46(36)55(51(40)50(39)52)34-23-22-32(30-53)41(27-34)31-12-11-13-33(26-31)54-45-19-8-5-16-37(45)42-28-43-38-17-6-10-21-48(38)56-49(43)29-47(42)54/h3-29H,1-2H3. The van der Waals surface area contributed by atoms with Gasteiger partial charge in [-0.1, -0.05) is 117 Å². The maximum atomic E-state index is 10.6. The third kappa shape index (κ3) is 4.06. The Morgan fingerprint density at radius 3 is 2.04 bits per heavy atom. The molecule has 1 aliphatic carbocycles. The van der Waals surface area contributed by atoms with Gasteiger partial charge in [-0.15, -0.1) is 0 Å². The van der Waals surface area contributed by atoms with Crippen LogP contribution in [0.1, 0.15) is 30.5 Å². The highest BCUT2D eigenvalue weighted by molar-refractivity contribution is 6.17.